The van der Waals surface area contributed by atoms with E-state index in [2.05, 4.69) is 37.2 Å². The Morgan fingerprint density at radius 3 is 2.77 bits per heavy atom. The topological polar surface area (TPSA) is 57.2 Å². The van der Waals surface area contributed by atoms with Crippen LogP contribution in [0, 0.1) is 5.82 Å². The van der Waals surface area contributed by atoms with E-state index in [1.807, 2.05) is 0 Å². The van der Waals surface area contributed by atoms with Crippen LogP contribution in [0.1, 0.15) is 6.92 Å². The lowest BCUT2D eigenvalue weighted by molar-refractivity contribution is 0.270. The molecule has 6 nitrogen and oxygen atoms in total. The van der Waals surface area contributed by atoms with Crippen molar-refractivity contribution >= 4 is 17.5 Å². The standard InChI is InChI=1S/C15H19FN6/c1-2-21-6-8-22(9-7-21)14-11-17-20-15(19-14)18-13-5-3-4-12(16)10-13/h3-5,10-11H,2,6-9H2,1H3,(H,18,19,20). The molecule has 1 aliphatic rings. The molecule has 1 aromatic heterocycles. The van der Waals surface area contributed by atoms with Gasteiger partial charge in [0.15, 0.2) is 5.82 Å². The Balaban J connectivity index is 1.70. The van der Waals surface area contributed by atoms with Crippen molar-refractivity contribution in [2.45, 2.75) is 6.92 Å². The van der Waals surface area contributed by atoms with Gasteiger partial charge in [0.05, 0.1) is 6.20 Å². The van der Waals surface area contributed by atoms with Crippen molar-refractivity contribution in [3.63, 3.8) is 0 Å². The number of hydrogen-bond donors (Lipinski definition) is 1. The monoisotopic (exact) mass is 302 g/mol. The summed E-state index contributed by atoms with van der Waals surface area (Å²) in [5.74, 6) is 0.871. The molecular weight excluding hydrogens is 283 g/mol. The maximum Gasteiger partial charge on any atom is 0.249 e. The van der Waals surface area contributed by atoms with Gasteiger partial charge in [0, 0.05) is 31.9 Å². The van der Waals surface area contributed by atoms with Crippen molar-refractivity contribution in [3.05, 3.63) is 36.3 Å². The number of piperazine rings is 1. The Morgan fingerprint density at radius 2 is 2.05 bits per heavy atom. The first-order chi connectivity index (χ1) is 10.7. The average Bonchev–Trinajstić information content (AvgIpc) is 2.55. The summed E-state index contributed by atoms with van der Waals surface area (Å²) < 4.78 is 13.2. The molecule has 0 saturated carbocycles. The van der Waals surface area contributed by atoms with Crippen LogP contribution in [0.4, 0.5) is 21.8 Å². The molecule has 0 radical (unpaired) electrons. The van der Waals surface area contributed by atoms with E-state index in [0.717, 1.165) is 38.5 Å². The zero-order chi connectivity index (χ0) is 15.4. The van der Waals surface area contributed by atoms with E-state index in [1.165, 1.54) is 12.1 Å². The Hall–Kier alpha value is -2.28. The largest absolute Gasteiger partial charge is 0.353 e. The van der Waals surface area contributed by atoms with Gasteiger partial charge in [-0.3, -0.25) is 0 Å². The number of likely N-dealkylation sites (N-methyl/N-ethyl adjacent to an activating group) is 1. The van der Waals surface area contributed by atoms with Gasteiger partial charge in [-0.1, -0.05) is 13.0 Å². The predicted octanol–water partition coefficient (Wildman–Crippen LogP) is 1.90. The molecule has 116 valence electrons. The Kier molecular flexibility index (Phi) is 4.43. The van der Waals surface area contributed by atoms with E-state index in [-0.39, 0.29) is 5.82 Å². The van der Waals surface area contributed by atoms with Gasteiger partial charge < -0.3 is 15.1 Å². The normalized spacial score (nSPS) is 15.8. The predicted molar refractivity (Wildman–Crippen MR) is 83.8 cm³/mol. The van der Waals surface area contributed by atoms with Crippen molar-refractivity contribution in [1.29, 1.82) is 0 Å². The van der Waals surface area contributed by atoms with E-state index in [0.29, 0.717) is 11.6 Å². The molecule has 22 heavy (non-hydrogen) atoms. The molecule has 1 saturated heterocycles. The van der Waals surface area contributed by atoms with Crippen LogP contribution in [-0.4, -0.2) is 52.8 Å². The van der Waals surface area contributed by atoms with Gasteiger partial charge in [-0.15, -0.1) is 5.10 Å². The van der Waals surface area contributed by atoms with Crippen LogP contribution in [0.25, 0.3) is 0 Å². The fraction of sp³-hybridized carbons (Fsp3) is 0.400. The molecule has 1 fully saturated rings. The molecule has 0 atom stereocenters. The molecule has 3 rings (SSSR count). The van der Waals surface area contributed by atoms with Gasteiger partial charge in [0.2, 0.25) is 5.95 Å². The first kappa shape index (κ1) is 14.6. The summed E-state index contributed by atoms with van der Waals surface area (Å²) in [5, 5.41) is 10.9. The minimum absolute atomic E-state index is 0.301. The Bertz CT molecular complexity index is 627. The van der Waals surface area contributed by atoms with Crippen LogP contribution in [0.2, 0.25) is 0 Å². The van der Waals surface area contributed by atoms with Crippen molar-refractivity contribution in [1.82, 2.24) is 20.1 Å². The van der Waals surface area contributed by atoms with Crippen LogP contribution >= 0.6 is 0 Å². The zero-order valence-electron chi connectivity index (χ0n) is 12.5. The fourth-order valence-corrected chi connectivity index (χ4v) is 2.49. The van der Waals surface area contributed by atoms with Crippen molar-refractivity contribution in [3.8, 4) is 0 Å². The van der Waals surface area contributed by atoms with Crippen molar-refractivity contribution < 1.29 is 4.39 Å². The second kappa shape index (κ2) is 6.65. The molecule has 1 aliphatic heterocycles. The molecule has 1 aromatic carbocycles. The SMILES string of the molecule is CCN1CCN(c2cnnc(Nc3cccc(F)c3)n2)CC1. The number of halogens is 1. The number of anilines is 3. The van der Waals surface area contributed by atoms with Crippen LogP contribution in [0.5, 0.6) is 0 Å². The number of hydrogen-bond acceptors (Lipinski definition) is 6. The zero-order valence-corrected chi connectivity index (χ0v) is 12.5. The first-order valence-corrected chi connectivity index (χ1v) is 7.44. The summed E-state index contributed by atoms with van der Waals surface area (Å²) in [6.07, 6.45) is 1.67. The van der Waals surface area contributed by atoms with E-state index >= 15 is 0 Å². The van der Waals surface area contributed by atoms with Gasteiger partial charge >= 0.3 is 0 Å². The van der Waals surface area contributed by atoms with E-state index < -0.39 is 0 Å². The molecule has 0 bridgehead atoms. The molecule has 2 heterocycles. The summed E-state index contributed by atoms with van der Waals surface area (Å²) in [6.45, 7) is 7.13. The number of aromatic nitrogens is 3. The minimum Gasteiger partial charge on any atom is -0.353 e. The summed E-state index contributed by atoms with van der Waals surface area (Å²) in [4.78, 5) is 9.06. The van der Waals surface area contributed by atoms with E-state index in [1.54, 1.807) is 18.3 Å². The quantitative estimate of drug-likeness (QED) is 0.931. The molecule has 1 N–H and O–H groups in total. The lowest BCUT2D eigenvalue weighted by Crippen LogP contribution is -2.46. The third-order valence-electron chi connectivity index (χ3n) is 3.77. The molecule has 0 spiro atoms. The van der Waals surface area contributed by atoms with Crippen LogP contribution in [0.3, 0.4) is 0 Å². The number of nitrogens with one attached hydrogen (secondary N) is 1. The number of benzene rings is 1. The smallest absolute Gasteiger partial charge is 0.249 e. The highest BCUT2D eigenvalue weighted by atomic mass is 19.1. The van der Waals surface area contributed by atoms with Crippen molar-refractivity contribution in [2.75, 3.05) is 42.9 Å². The summed E-state index contributed by atoms with van der Waals surface area (Å²) >= 11 is 0. The highest BCUT2D eigenvalue weighted by Gasteiger charge is 2.17. The second-order valence-electron chi connectivity index (χ2n) is 5.19. The van der Waals surface area contributed by atoms with E-state index in [4.69, 9.17) is 0 Å². The Labute approximate surface area is 129 Å². The fourth-order valence-electron chi connectivity index (χ4n) is 2.49. The van der Waals surface area contributed by atoms with Crippen LogP contribution in [-0.2, 0) is 0 Å². The lowest BCUT2D eigenvalue weighted by Gasteiger charge is -2.34. The molecule has 2 aromatic rings. The highest BCUT2D eigenvalue weighted by molar-refractivity contribution is 5.54. The van der Waals surface area contributed by atoms with Crippen LogP contribution < -0.4 is 10.2 Å². The summed E-state index contributed by atoms with van der Waals surface area (Å²) in [7, 11) is 0. The van der Waals surface area contributed by atoms with Gasteiger partial charge in [-0.05, 0) is 24.7 Å². The first-order valence-electron chi connectivity index (χ1n) is 7.44. The molecule has 0 aliphatic carbocycles. The third-order valence-corrected chi connectivity index (χ3v) is 3.77. The molecule has 7 heteroatoms. The van der Waals surface area contributed by atoms with Gasteiger partial charge in [-0.25, -0.2) is 4.39 Å². The number of rotatable bonds is 4. The van der Waals surface area contributed by atoms with Crippen LogP contribution in [0.15, 0.2) is 30.5 Å². The molecule has 0 unspecified atom stereocenters. The molecular formula is C15H19FN6. The highest BCUT2D eigenvalue weighted by Crippen LogP contribution is 2.17. The summed E-state index contributed by atoms with van der Waals surface area (Å²) in [6, 6.07) is 6.20. The van der Waals surface area contributed by atoms with Gasteiger partial charge in [0.25, 0.3) is 0 Å². The second-order valence-corrected chi connectivity index (χ2v) is 5.19. The number of nitrogens with zero attached hydrogens (tertiary/aromatic N) is 5. The van der Waals surface area contributed by atoms with Gasteiger partial charge in [-0.2, -0.15) is 10.1 Å². The summed E-state index contributed by atoms with van der Waals surface area (Å²) in [5.41, 5.74) is 0.606. The third kappa shape index (κ3) is 3.48. The Morgan fingerprint density at radius 1 is 1.23 bits per heavy atom. The maximum absolute atomic E-state index is 13.2. The van der Waals surface area contributed by atoms with Gasteiger partial charge in [0.1, 0.15) is 5.82 Å². The minimum atomic E-state index is -0.301. The maximum atomic E-state index is 13.2. The lowest BCUT2D eigenvalue weighted by atomic mass is 10.3. The van der Waals surface area contributed by atoms with Crippen molar-refractivity contribution in [2.24, 2.45) is 0 Å². The van der Waals surface area contributed by atoms with E-state index in [9.17, 15) is 4.39 Å². The molecule has 0 amide bonds. The average molecular weight is 302 g/mol.